The zero-order chi connectivity index (χ0) is 22.1. The summed E-state index contributed by atoms with van der Waals surface area (Å²) in [6.07, 6.45) is 1.50. The maximum atomic E-state index is 12.7. The minimum Gasteiger partial charge on any atom is -0.494 e. The number of amides is 1. The molecule has 2 aromatic rings. The second-order valence-electron chi connectivity index (χ2n) is 7.07. The van der Waals surface area contributed by atoms with E-state index in [4.69, 9.17) is 0 Å². The smallest absolute Gasteiger partial charge is 0.271 e. The van der Waals surface area contributed by atoms with Crippen molar-refractivity contribution in [3.05, 3.63) is 51.3 Å². The summed E-state index contributed by atoms with van der Waals surface area (Å²) in [4.78, 5) is 28.2. The lowest BCUT2D eigenvalue weighted by Gasteiger charge is -2.18. The highest BCUT2D eigenvalue weighted by Crippen LogP contribution is 2.30. The van der Waals surface area contributed by atoms with Gasteiger partial charge in [0.2, 0.25) is 11.8 Å². The molecule has 1 saturated heterocycles. The number of aliphatic imine (C=N–C) groups is 1. The van der Waals surface area contributed by atoms with Crippen LogP contribution < -0.4 is 10.9 Å². The molecule has 0 radical (unpaired) electrons. The van der Waals surface area contributed by atoms with Gasteiger partial charge in [-0.25, -0.2) is 8.42 Å². The fourth-order valence-corrected chi connectivity index (χ4v) is 5.12. The highest BCUT2D eigenvalue weighted by atomic mass is 32.2. The predicted molar refractivity (Wildman–Crippen MR) is 112 cm³/mol. The lowest BCUT2D eigenvalue weighted by molar-refractivity contribution is -0.114. The minimum absolute atomic E-state index is 0.0846. The molecule has 1 aliphatic heterocycles. The van der Waals surface area contributed by atoms with Crippen molar-refractivity contribution in [3.63, 3.8) is 0 Å². The number of anilines is 1. The number of rotatable bonds is 4. The van der Waals surface area contributed by atoms with Gasteiger partial charge in [0.15, 0.2) is 9.84 Å². The quantitative estimate of drug-likeness (QED) is 0.711. The molecule has 1 atom stereocenters. The van der Waals surface area contributed by atoms with Crippen LogP contribution in [0.4, 0.5) is 11.4 Å². The Balaban J connectivity index is 2.08. The summed E-state index contributed by atoms with van der Waals surface area (Å²) in [5.74, 6) is -1.02. The number of aromatic hydroxyl groups is 1. The van der Waals surface area contributed by atoms with E-state index in [2.05, 4.69) is 10.3 Å². The fourth-order valence-electron chi connectivity index (χ4n) is 3.42. The van der Waals surface area contributed by atoms with Crippen LogP contribution in [-0.4, -0.2) is 41.7 Å². The van der Waals surface area contributed by atoms with E-state index < -0.39 is 27.3 Å². The monoisotopic (exact) mass is 428 g/mol. The number of benzene rings is 1. The van der Waals surface area contributed by atoms with Gasteiger partial charge < -0.3 is 10.4 Å². The van der Waals surface area contributed by atoms with Crippen molar-refractivity contribution in [3.8, 4) is 11.9 Å². The predicted octanol–water partition coefficient (Wildman–Crippen LogP) is 1.80. The van der Waals surface area contributed by atoms with Gasteiger partial charge in [0.05, 0.1) is 28.8 Å². The molecule has 156 valence electrons. The van der Waals surface area contributed by atoms with Crippen LogP contribution in [-0.2, 0) is 14.6 Å². The van der Waals surface area contributed by atoms with Crippen LogP contribution in [0.1, 0.15) is 36.1 Å². The Morgan fingerprint density at radius 2 is 2.17 bits per heavy atom. The zero-order valence-corrected chi connectivity index (χ0v) is 17.2. The molecule has 0 aliphatic carbocycles. The van der Waals surface area contributed by atoms with E-state index in [0.29, 0.717) is 11.4 Å². The SMILES string of the molecule is CC(=O)Nc1cccc(N=Cc2c(C)c(C#N)c(=O)n(C3CCS(=O)(=O)C3)c2O)c1. The van der Waals surface area contributed by atoms with E-state index in [1.807, 2.05) is 6.07 Å². The van der Waals surface area contributed by atoms with Crippen molar-refractivity contribution in [1.29, 1.82) is 5.26 Å². The van der Waals surface area contributed by atoms with Gasteiger partial charge in [-0.15, -0.1) is 0 Å². The summed E-state index contributed by atoms with van der Waals surface area (Å²) in [5.41, 5.74) is 0.515. The summed E-state index contributed by atoms with van der Waals surface area (Å²) < 4.78 is 24.7. The number of nitrogens with one attached hydrogen (secondary N) is 1. The van der Waals surface area contributed by atoms with Gasteiger partial charge >= 0.3 is 0 Å². The van der Waals surface area contributed by atoms with E-state index >= 15 is 0 Å². The number of nitriles is 1. The topological polar surface area (TPSA) is 142 Å². The van der Waals surface area contributed by atoms with E-state index in [9.17, 15) is 28.4 Å². The summed E-state index contributed by atoms with van der Waals surface area (Å²) in [6.45, 7) is 2.90. The van der Waals surface area contributed by atoms with Gasteiger partial charge in [-0.1, -0.05) is 6.07 Å². The lowest BCUT2D eigenvalue weighted by Crippen LogP contribution is -2.29. The number of nitrogens with zero attached hydrogens (tertiary/aromatic N) is 3. The minimum atomic E-state index is -3.31. The Morgan fingerprint density at radius 3 is 2.77 bits per heavy atom. The third-order valence-electron chi connectivity index (χ3n) is 4.88. The fraction of sp³-hybridized carbons (Fsp3) is 0.300. The molecule has 1 amide bonds. The van der Waals surface area contributed by atoms with Gasteiger partial charge in [0.25, 0.3) is 5.56 Å². The van der Waals surface area contributed by atoms with Gasteiger partial charge in [-0.2, -0.15) is 5.26 Å². The molecule has 9 nitrogen and oxygen atoms in total. The average molecular weight is 428 g/mol. The number of pyridine rings is 1. The lowest BCUT2D eigenvalue weighted by atomic mass is 10.0. The highest BCUT2D eigenvalue weighted by molar-refractivity contribution is 7.91. The van der Waals surface area contributed by atoms with Crippen LogP contribution in [0.25, 0.3) is 0 Å². The molecule has 0 spiro atoms. The maximum Gasteiger partial charge on any atom is 0.271 e. The van der Waals surface area contributed by atoms with E-state index in [0.717, 1.165) is 4.57 Å². The number of carbonyl (C=O) groups excluding carboxylic acids is 1. The average Bonchev–Trinajstić information content (AvgIpc) is 3.01. The number of carbonyl (C=O) groups is 1. The first kappa shape index (κ1) is 21.3. The molecule has 1 aliphatic rings. The molecule has 1 fully saturated rings. The molecule has 2 heterocycles. The summed E-state index contributed by atoms with van der Waals surface area (Å²) in [7, 11) is -3.31. The number of hydrogen-bond acceptors (Lipinski definition) is 7. The summed E-state index contributed by atoms with van der Waals surface area (Å²) in [6, 6.07) is 7.78. The van der Waals surface area contributed by atoms with Gasteiger partial charge in [0, 0.05) is 18.8 Å². The molecule has 1 unspecified atom stereocenters. The Bertz CT molecular complexity index is 1260. The summed E-state index contributed by atoms with van der Waals surface area (Å²) >= 11 is 0. The Labute approximate surface area is 173 Å². The van der Waals surface area contributed by atoms with Crippen molar-refractivity contribution in [2.45, 2.75) is 26.3 Å². The van der Waals surface area contributed by atoms with E-state index in [-0.39, 0.29) is 40.5 Å². The van der Waals surface area contributed by atoms with Crippen molar-refractivity contribution < 1.29 is 18.3 Å². The van der Waals surface area contributed by atoms with Crippen LogP contribution in [0.15, 0.2) is 34.1 Å². The van der Waals surface area contributed by atoms with Crippen molar-refractivity contribution in [2.24, 2.45) is 4.99 Å². The second kappa shape index (κ2) is 8.12. The van der Waals surface area contributed by atoms with Crippen LogP contribution >= 0.6 is 0 Å². The standard InChI is InChI=1S/C20H20N4O5S/c1-12-17(9-21)19(26)24(16-6-7-30(28,29)11-16)20(27)18(12)10-22-14-4-3-5-15(8-14)23-13(2)25/h3-5,8,10,16,27H,6-7,11H2,1-2H3,(H,23,25). The Morgan fingerprint density at radius 1 is 1.43 bits per heavy atom. The van der Waals surface area contributed by atoms with Crippen LogP contribution in [0.3, 0.4) is 0 Å². The van der Waals surface area contributed by atoms with E-state index in [1.165, 1.54) is 20.1 Å². The molecule has 1 aromatic carbocycles. The maximum absolute atomic E-state index is 12.7. The largest absolute Gasteiger partial charge is 0.494 e. The molecule has 10 heteroatoms. The van der Waals surface area contributed by atoms with E-state index in [1.54, 1.807) is 24.3 Å². The van der Waals surface area contributed by atoms with Crippen LogP contribution in [0.2, 0.25) is 0 Å². The van der Waals surface area contributed by atoms with Gasteiger partial charge in [-0.05, 0) is 37.1 Å². The Hall–Kier alpha value is -3.45. The number of hydrogen-bond donors (Lipinski definition) is 2. The van der Waals surface area contributed by atoms with Crippen LogP contribution in [0, 0.1) is 18.3 Å². The second-order valence-corrected chi connectivity index (χ2v) is 9.30. The first-order valence-electron chi connectivity index (χ1n) is 9.13. The molecule has 0 bridgehead atoms. The van der Waals surface area contributed by atoms with Crippen molar-refractivity contribution in [1.82, 2.24) is 4.57 Å². The molecular weight excluding hydrogens is 408 g/mol. The molecular formula is C20H20N4O5S. The molecule has 0 saturated carbocycles. The number of aromatic nitrogens is 1. The molecule has 1 aromatic heterocycles. The van der Waals surface area contributed by atoms with Gasteiger partial charge in [0.1, 0.15) is 11.6 Å². The van der Waals surface area contributed by atoms with Crippen molar-refractivity contribution in [2.75, 3.05) is 16.8 Å². The first-order chi connectivity index (χ1) is 14.1. The third kappa shape index (κ3) is 4.26. The first-order valence-corrected chi connectivity index (χ1v) is 11.0. The third-order valence-corrected chi connectivity index (χ3v) is 6.63. The normalized spacial score (nSPS) is 17.7. The van der Waals surface area contributed by atoms with Gasteiger partial charge in [-0.3, -0.25) is 19.1 Å². The molecule has 3 rings (SSSR count). The highest BCUT2D eigenvalue weighted by Gasteiger charge is 2.33. The Kier molecular flexibility index (Phi) is 5.75. The molecule has 2 N–H and O–H groups in total. The number of sulfone groups is 1. The van der Waals surface area contributed by atoms with Crippen LogP contribution in [0.5, 0.6) is 5.88 Å². The summed E-state index contributed by atoms with van der Waals surface area (Å²) in [5, 5.41) is 22.8. The van der Waals surface area contributed by atoms with Crippen molar-refractivity contribution >= 4 is 33.3 Å². The molecule has 30 heavy (non-hydrogen) atoms. The zero-order valence-electron chi connectivity index (χ0n) is 16.4.